The second-order valence-corrected chi connectivity index (χ2v) is 6.15. The monoisotopic (exact) mass is 357 g/mol. The second-order valence-electron chi connectivity index (χ2n) is 5.74. The van der Waals surface area contributed by atoms with Gasteiger partial charge in [-0.1, -0.05) is 41.4 Å². The fraction of sp³-hybridized carbons (Fsp3) is 0.167. The minimum atomic E-state index is -0.819. The standard InChI is InChI=1S/C18H16ClN3O3/c1-11-6-8-12(9-7-11)22-16(23)10-15(18(22)25)20-21-17(24)13-4-2-3-5-14(13)19/h2-9,15,20H,10H2,1H3,(H,21,24)/t15-/m1/s1. The molecule has 0 aromatic heterocycles. The molecule has 1 fully saturated rings. The molecule has 1 saturated heterocycles. The summed E-state index contributed by atoms with van der Waals surface area (Å²) in [5, 5.41) is 0.303. The number of imide groups is 1. The molecule has 0 saturated carbocycles. The Hall–Kier alpha value is -2.70. The Labute approximate surface area is 149 Å². The van der Waals surface area contributed by atoms with Gasteiger partial charge in [0.1, 0.15) is 6.04 Å². The molecule has 7 heteroatoms. The van der Waals surface area contributed by atoms with Gasteiger partial charge in [0, 0.05) is 0 Å². The van der Waals surface area contributed by atoms with E-state index in [-0.39, 0.29) is 17.9 Å². The van der Waals surface area contributed by atoms with Crippen LogP contribution in [-0.2, 0) is 9.59 Å². The summed E-state index contributed by atoms with van der Waals surface area (Å²) in [5.41, 5.74) is 6.90. The highest BCUT2D eigenvalue weighted by Crippen LogP contribution is 2.23. The lowest BCUT2D eigenvalue weighted by Crippen LogP contribution is -2.48. The number of hydrogen-bond donors (Lipinski definition) is 2. The van der Waals surface area contributed by atoms with Crippen LogP contribution in [0, 0.1) is 6.92 Å². The lowest BCUT2D eigenvalue weighted by atomic mass is 10.2. The van der Waals surface area contributed by atoms with Crippen LogP contribution in [0.2, 0.25) is 5.02 Å². The van der Waals surface area contributed by atoms with E-state index in [4.69, 9.17) is 11.6 Å². The number of amides is 3. The molecule has 1 atom stereocenters. The van der Waals surface area contributed by atoms with Crippen molar-refractivity contribution in [3.05, 3.63) is 64.7 Å². The molecule has 2 aromatic carbocycles. The van der Waals surface area contributed by atoms with Gasteiger partial charge in [0.2, 0.25) is 5.91 Å². The first kappa shape index (κ1) is 17.1. The minimum absolute atomic E-state index is 0.0322. The average molecular weight is 358 g/mol. The zero-order valence-electron chi connectivity index (χ0n) is 13.5. The average Bonchev–Trinajstić information content (AvgIpc) is 2.88. The van der Waals surface area contributed by atoms with Crippen LogP contribution in [-0.4, -0.2) is 23.8 Å². The predicted octanol–water partition coefficient (Wildman–Crippen LogP) is 2.21. The molecule has 0 radical (unpaired) electrons. The number of halogens is 1. The van der Waals surface area contributed by atoms with Gasteiger partial charge in [-0.2, -0.15) is 0 Å². The summed E-state index contributed by atoms with van der Waals surface area (Å²) in [6.45, 7) is 1.92. The van der Waals surface area contributed by atoms with Crippen LogP contribution < -0.4 is 15.8 Å². The number of hydrogen-bond acceptors (Lipinski definition) is 4. The first-order valence-electron chi connectivity index (χ1n) is 7.71. The van der Waals surface area contributed by atoms with Gasteiger partial charge in [0.25, 0.3) is 11.8 Å². The van der Waals surface area contributed by atoms with Crippen molar-refractivity contribution >= 4 is 35.0 Å². The molecule has 1 heterocycles. The van der Waals surface area contributed by atoms with Crippen molar-refractivity contribution in [1.82, 2.24) is 10.9 Å². The largest absolute Gasteiger partial charge is 0.287 e. The zero-order valence-corrected chi connectivity index (χ0v) is 14.2. The Kier molecular flexibility index (Phi) is 4.83. The van der Waals surface area contributed by atoms with Gasteiger partial charge in [-0.3, -0.25) is 19.8 Å². The number of anilines is 1. The molecule has 0 spiro atoms. The number of nitrogens with zero attached hydrogens (tertiary/aromatic N) is 1. The van der Waals surface area contributed by atoms with Gasteiger partial charge in [-0.15, -0.1) is 0 Å². The molecule has 1 aliphatic heterocycles. The number of aryl methyl sites for hydroxylation is 1. The van der Waals surface area contributed by atoms with Crippen LogP contribution in [0.25, 0.3) is 0 Å². The first-order chi connectivity index (χ1) is 12.0. The third kappa shape index (κ3) is 3.55. The summed E-state index contributed by atoms with van der Waals surface area (Å²) in [7, 11) is 0. The smallest absolute Gasteiger partial charge is 0.266 e. The summed E-state index contributed by atoms with van der Waals surface area (Å²) in [6.07, 6.45) is -0.0322. The van der Waals surface area contributed by atoms with Crippen molar-refractivity contribution in [2.45, 2.75) is 19.4 Å². The lowest BCUT2D eigenvalue weighted by molar-refractivity contribution is -0.121. The molecule has 0 aliphatic carbocycles. The zero-order chi connectivity index (χ0) is 18.0. The Morgan fingerprint density at radius 3 is 2.48 bits per heavy atom. The second kappa shape index (κ2) is 7.04. The third-order valence-corrected chi connectivity index (χ3v) is 4.25. The molecule has 0 bridgehead atoms. The van der Waals surface area contributed by atoms with E-state index in [0.717, 1.165) is 10.5 Å². The highest BCUT2D eigenvalue weighted by Gasteiger charge is 2.39. The van der Waals surface area contributed by atoms with Crippen LogP contribution >= 0.6 is 11.6 Å². The van der Waals surface area contributed by atoms with Gasteiger partial charge < -0.3 is 0 Å². The van der Waals surface area contributed by atoms with E-state index < -0.39 is 17.9 Å². The molecular formula is C18H16ClN3O3. The van der Waals surface area contributed by atoms with E-state index in [0.29, 0.717) is 10.7 Å². The van der Waals surface area contributed by atoms with E-state index in [1.807, 2.05) is 19.1 Å². The van der Waals surface area contributed by atoms with Gasteiger partial charge in [-0.25, -0.2) is 10.3 Å². The lowest BCUT2D eigenvalue weighted by Gasteiger charge is -2.16. The molecular weight excluding hydrogens is 342 g/mol. The van der Waals surface area contributed by atoms with E-state index in [9.17, 15) is 14.4 Å². The quantitative estimate of drug-likeness (QED) is 0.649. The van der Waals surface area contributed by atoms with Crippen molar-refractivity contribution in [3.63, 3.8) is 0 Å². The summed E-state index contributed by atoms with van der Waals surface area (Å²) in [4.78, 5) is 37.9. The van der Waals surface area contributed by atoms with E-state index in [2.05, 4.69) is 10.9 Å². The van der Waals surface area contributed by atoms with Crippen LogP contribution in [0.3, 0.4) is 0 Å². The number of hydrazine groups is 1. The summed E-state index contributed by atoms with van der Waals surface area (Å²) < 4.78 is 0. The fourth-order valence-electron chi connectivity index (χ4n) is 2.58. The number of rotatable bonds is 4. The van der Waals surface area contributed by atoms with Gasteiger partial charge in [0.15, 0.2) is 0 Å². The number of carbonyl (C=O) groups is 3. The van der Waals surface area contributed by atoms with Crippen LogP contribution in [0.5, 0.6) is 0 Å². The number of carbonyl (C=O) groups excluding carboxylic acids is 3. The third-order valence-electron chi connectivity index (χ3n) is 3.92. The highest BCUT2D eigenvalue weighted by atomic mass is 35.5. The summed E-state index contributed by atoms with van der Waals surface area (Å²) >= 11 is 5.96. The molecule has 3 amide bonds. The van der Waals surface area contributed by atoms with Gasteiger partial charge in [-0.05, 0) is 31.2 Å². The van der Waals surface area contributed by atoms with Crippen molar-refractivity contribution in [2.75, 3.05) is 4.90 Å². The topological polar surface area (TPSA) is 78.5 Å². The molecule has 3 rings (SSSR count). The molecule has 6 nitrogen and oxygen atoms in total. The Bertz CT molecular complexity index is 836. The van der Waals surface area contributed by atoms with E-state index in [1.54, 1.807) is 36.4 Å². The highest BCUT2D eigenvalue weighted by molar-refractivity contribution is 6.33. The minimum Gasteiger partial charge on any atom is -0.287 e. The maximum absolute atomic E-state index is 12.5. The fourth-order valence-corrected chi connectivity index (χ4v) is 2.80. The SMILES string of the molecule is Cc1ccc(N2C(=O)C[C@@H](NNC(=O)c3ccccc3Cl)C2=O)cc1. The van der Waals surface area contributed by atoms with Gasteiger partial charge in [0.05, 0.1) is 22.7 Å². The van der Waals surface area contributed by atoms with E-state index in [1.165, 1.54) is 0 Å². The van der Waals surface area contributed by atoms with Crippen LogP contribution in [0.4, 0.5) is 5.69 Å². The molecule has 128 valence electrons. The maximum atomic E-state index is 12.5. The molecule has 25 heavy (non-hydrogen) atoms. The molecule has 1 aliphatic rings. The molecule has 2 N–H and O–H groups in total. The predicted molar refractivity (Wildman–Crippen MR) is 94.1 cm³/mol. The maximum Gasteiger partial charge on any atom is 0.266 e. The van der Waals surface area contributed by atoms with Gasteiger partial charge >= 0.3 is 0 Å². The molecule has 0 unspecified atom stereocenters. The molecule has 2 aromatic rings. The van der Waals surface area contributed by atoms with E-state index >= 15 is 0 Å². The van der Waals surface area contributed by atoms with Crippen molar-refractivity contribution < 1.29 is 14.4 Å². The van der Waals surface area contributed by atoms with Crippen molar-refractivity contribution in [1.29, 1.82) is 0 Å². The van der Waals surface area contributed by atoms with Crippen LogP contribution in [0.15, 0.2) is 48.5 Å². The summed E-state index contributed by atoms with van der Waals surface area (Å²) in [5.74, 6) is -1.20. The Morgan fingerprint density at radius 1 is 1.12 bits per heavy atom. The number of benzene rings is 2. The Balaban J connectivity index is 1.67. The first-order valence-corrected chi connectivity index (χ1v) is 8.09. The van der Waals surface area contributed by atoms with Crippen molar-refractivity contribution in [2.24, 2.45) is 0 Å². The number of nitrogens with one attached hydrogen (secondary N) is 2. The normalized spacial score (nSPS) is 17.0. The van der Waals surface area contributed by atoms with Crippen LogP contribution in [0.1, 0.15) is 22.3 Å². The van der Waals surface area contributed by atoms with Crippen molar-refractivity contribution in [3.8, 4) is 0 Å². The summed E-state index contributed by atoms with van der Waals surface area (Å²) in [6, 6.07) is 12.8. The Morgan fingerprint density at radius 2 is 1.80 bits per heavy atom.